The van der Waals surface area contributed by atoms with Gasteiger partial charge in [0.15, 0.2) is 0 Å². The maximum atomic E-state index is 11.9. The van der Waals surface area contributed by atoms with E-state index in [0.29, 0.717) is 12.4 Å². The van der Waals surface area contributed by atoms with Crippen LogP contribution in [0.1, 0.15) is 121 Å². The zero-order valence-electron chi connectivity index (χ0n) is 20.5. The lowest BCUT2D eigenvalue weighted by Crippen LogP contribution is -2.12. The number of benzene rings is 1. The van der Waals surface area contributed by atoms with Gasteiger partial charge in [0, 0.05) is 0 Å². The summed E-state index contributed by atoms with van der Waals surface area (Å²) in [7, 11) is 0. The molecule has 0 heterocycles. The van der Waals surface area contributed by atoms with Crippen molar-refractivity contribution < 1.29 is 14.3 Å². The Bertz CT molecular complexity index is 650. The number of allylic oxidation sites excluding steroid dienone is 2. The van der Waals surface area contributed by atoms with Gasteiger partial charge >= 0.3 is 6.16 Å². The zero-order valence-corrected chi connectivity index (χ0v) is 20.5. The first-order valence-corrected chi connectivity index (χ1v) is 13.4. The van der Waals surface area contributed by atoms with Gasteiger partial charge in [0.1, 0.15) is 5.75 Å². The maximum Gasteiger partial charge on any atom is 0.513 e. The predicted molar refractivity (Wildman–Crippen MR) is 135 cm³/mol. The largest absolute Gasteiger partial charge is 0.513 e. The van der Waals surface area contributed by atoms with Crippen LogP contribution in [0.2, 0.25) is 0 Å². The second-order valence-electron chi connectivity index (χ2n) is 9.31. The van der Waals surface area contributed by atoms with Crippen LogP contribution >= 0.6 is 0 Å². The molecule has 0 saturated heterocycles. The third-order valence-electron chi connectivity index (χ3n) is 6.44. The van der Waals surface area contributed by atoms with Crippen LogP contribution in [0.15, 0.2) is 30.4 Å². The van der Waals surface area contributed by atoms with Gasteiger partial charge in [0.05, 0.1) is 6.61 Å². The van der Waals surface area contributed by atoms with Gasteiger partial charge < -0.3 is 9.47 Å². The fourth-order valence-corrected chi connectivity index (χ4v) is 4.41. The topological polar surface area (TPSA) is 35.5 Å². The van der Waals surface area contributed by atoms with Gasteiger partial charge in [0.25, 0.3) is 0 Å². The average Bonchev–Trinajstić information content (AvgIpc) is 2.81. The highest BCUT2D eigenvalue weighted by Crippen LogP contribution is 2.22. The van der Waals surface area contributed by atoms with Gasteiger partial charge in [-0.25, -0.2) is 4.79 Å². The lowest BCUT2D eigenvalue weighted by atomic mass is 9.97. The summed E-state index contributed by atoms with van der Waals surface area (Å²) in [6.45, 7) is 2.73. The Hall–Kier alpha value is -1.77. The summed E-state index contributed by atoms with van der Waals surface area (Å²) in [5, 5.41) is 0. The fraction of sp³-hybridized carbons (Fsp3) is 0.690. The summed E-state index contributed by atoms with van der Waals surface area (Å²) in [5.74, 6) is 0.580. The van der Waals surface area contributed by atoms with E-state index in [-0.39, 0.29) is 0 Å². The van der Waals surface area contributed by atoms with Crippen LogP contribution in [0.3, 0.4) is 0 Å². The monoisotopic (exact) mass is 442 g/mol. The molecule has 1 aromatic carbocycles. The van der Waals surface area contributed by atoms with Crippen LogP contribution in [-0.2, 0) is 17.6 Å². The van der Waals surface area contributed by atoms with Crippen LogP contribution in [0.4, 0.5) is 4.79 Å². The van der Waals surface area contributed by atoms with Gasteiger partial charge in [-0.2, -0.15) is 0 Å². The molecule has 1 aromatic rings. The van der Waals surface area contributed by atoms with Crippen molar-refractivity contribution in [3.8, 4) is 5.75 Å². The Labute approximate surface area is 197 Å². The molecule has 180 valence electrons. The van der Waals surface area contributed by atoms with E-state index in [1.54, 1.807) is 0 Å². The smallest absolute Gasteiger partial charge is 0.434 e. The lowest BCUT2D eigenvalue weighted by molar-refractivity contribution is 0.0972. The Morgan fingerprint density at radius 3 is 1.75 bits per heavy atom. The van der Waals surface area contributed by atoms with E-state index in [1.165, 1.54) is 101 Å². The first kappa shape index (κ1) is 26.5. The molecule has 0 N–H and O–H groups in total. The molecular formula is C29H46O3. The van der Waals surface area contributed by atoms with Crippen LogP contribution in [0.25, 0.3) is 0 Å². The average molecular weight is 443 g/mol. The molecule has 2 rings (SSSR count). The fourth-order valence-electron chi connectivity index (χ4n) is 4.41. The van der Waals surface area contributed by atoms with Crippen molar-refractivity contribution in [3.05, 3.63) is 41.5 Å². The second-order valence-corrected chi connectivity index (χ2v) is 9.31. The summed E-state index contributed by atoms with van der Waals surface area (Å²) in [6.07, 6.45) is 27.0. The Morgan fingerprint density at radius 2 is 1.19 bits per heavy atom. The third kappa shape index (κ3) is 12.3. The number of ether oxygens (including phenoxy) is 2. The summed E-state index contributed by atoms with van der Waals surface area (Å²) in [4.78, 5) is 11.9. The summed E-state index contributed by atoms with van der Waals surface area (Å²) >= 11 is 0. The van der Waals surface area contributed by atoms with Crippen molar-refractivity contribution in [1.29, 1.82) is 0 Å². The molecule has 0 aliphatic heterocycles. The molecule has 3 nitrogen and oxygen atoms in total. The van der Waals surface area contributed by atoms with E-state index in [2.05, 4.69) is 19.1 Å². The lowest BCUT2D eigenvalue weighted by Gasteiger charge is -2.12. The van der Waals surface area contributed by atoms with Crippen LogP contribution in [0, 0.1) is 0 Å². The summed E-state index contributed by atoms with van der Waals surface area (Å²) in [6, 6.07) is 5.85. The quantitative estimate of drug-likeness (QED) is 0.0984. The normalized spacial score (nSPS) is 12.5. The van der Waals surface area contributed by atoms with E-state index in [0.717, 1.165) is 25.7 Å². The van der Waals surface area contributed by atoms with E-state index >= 15 is 0 Å². The molecule has 1 aliphatic rings. The maximum absolute atomic E-state index is 11.9. The SMILES string of the molecule is CCCCCCCCCCCCCCCCCCOC(=O)Oc1ccc2c(c1)CC=CC2. The number of unbranched alkanes of at least 4 members (excludes halogenated alkanes) is 15. The van der Waals surface area contributed by atoms with Gasteiger partial charge in [0.2, 0.25) is 0 Å². The van der Waals surface area contributed by atoms with Crippen molar-refractivity contribution >= 4 is 6.16 Å². The minimum absolute atomic E-state index is 0.449. The van der Waals surface area contributed by atoms with E-state index < -0.39 is 6.16 Å². The first-order chi connectivity index (χ1) is 15.8. The van der Waals surface area contributed by atoms with Crippen molar-refractivity contribution in [2.24, 2.45) is 0 Å². The van der Waals surface area contributed by atoms with Gasteiger partial charge in [-0.15, -0.1) is 0 Å². The highest BCUT2D eigenvalue weighted by molar-refractivity contribution is 5.64. The first-order valence-electron chi connectivity index (χ1n) is 13.4. The van der Waals surface area contributed by atoms with E-state index in [9.17, 15) is 4.79 Å². The molecule has 1 aliphatic carbocycles. The summed E-state index contributed by atoms with van der Waals surface area (Å²) < 4.78 is 10.6. The standard InChI is InChI=1S/C29H46O3/c1-2-3-4-5-6-7-8-9-10-11-12-13-14-15-16-19-24-31-29(30)32-28-23-22-26-20-17-18-21-27(26)25-28/h17-18,22-23,25H,2-16,19-21,24H2,1H3. The van der Waals surface area contributed by atoms with Crippen LogP contribution in [0.5, 0.6) is 5.75 Å². The van der Waals surface area contributed by atoms with Gasteiger partial charge in [-0.05, 0) is 42.5 Å². The summed E-state index contributed by atoms with van der Waals surface area (Å²) in [5.41, 5.74) is 2.54. The molecule has 0 spiro atoms. The molecule has 0 radical (unpaired) electrons. The van der Waals surface area contributed by atoms with E-state index in [1.807, 2.05) is 18.2 Å². The van der Waals surface area contributed by atoms with Crippen LogP contribution < -0.4 is 4.74 Å². The highest BCUT2D eigenvalue weighted by Gasteiger charge is 2.10. The highest BCUT2D eigenvalue weighted by atomic mass is 16.7. The number of carbonyl (C=O) groups is 1. The van der Waals surface area contributed by atoms with Crippen molar-refractivity contribution in [2.75, 3.05) is 6.61 Å². The van der Waals surface area contributed by atoms with Crippen molar-refractivity contribution in [3.63, 3.8) is 0 Å². The molecule has 32 heavy (non-hydrogen) atoms. The molecule has 3 heteroatoms. The molecule has 0 aromatic heterocycles. The number of hydrogen-bond donors (Lipinski definition) is 0. The number of fused-ring (bicyclic) bond motifs is 1. The van der Waals surface area contributed by atoms with Crippen LogP contribution in [-0.4, -0.2) is 12.8 Å². The van der Waals surface area contributed by atoms with Crippen molar-refractivity contribution in [1.82, 2.24) is 0 Å². The Balaban J connectivity index is 1.33. The molecule has 0 unspecified atom stereocenters. The van der Waals surface area contributed by atoms with Crippen molar-refractivity contribution in [2.45, 2.75) is 122 Å². The van der Waals surface area contributed by atoms with Gasteiger partial charge in [-0.1, -0.05) is 121 Å². The number of rotatable bonds is 18. The minimum Gasteiger partial charge on any atom is -0.434 e. The molecule has 0 saturated carbocycles. The predicted octanol–water partition coefficient (Wildman–Crippen LogP) is 9.12. The Kier molecular flexibility index (Phi) is 14.7. The number of carbonyl (C=O) groups excluding carboxylic acids is 1. The molecule has 0 fully saturated rings. The van der Waals surface area contributed by atoms with Gasteiger partial charge in [-0.3, -0.25) is 0 Å². The number of hydrogen-bond acceptors (Lipinski definition) is 3. The molecule has 0 amide bonds. The molecule has 0 bridgehead atoms. The second kappa shape index (κ2) is 17.7. The Morgan fingerprint density at radius 1 is 0.688 bits per heavy atom. The minimum atomic E-state index is -0.586. The molecular weight excluding hydrogens is 396 g/mol. The van der Waals surface area contributed by atoms with E-state index in [4.69, 9.17) is 9.47 Å². The molecule has 0 atom stereocenters. The zero-order chi connectivity index (χ0) is 22.7. The third-order valence-corrected chi connectivity index (χ3v) is 6.44.